The number of likely N-dealkylation sites (N-methyl/N-ethyl adjacent to an activating group) is 1. The zero-order valence-electron chi connectivity index (χ0n) is 13.9. The molecule has 1 amide bonds. The Morgan fingerprint density at radius 1 is 1.48 bits per heavy atom. The Labute approximate surface area is 142 Å². The smallest absolute Gasteiger partial charge is 0.255 e. The molecule has 0 bridgehead atoms. The van der Waals surface area contributed by atoms with Crippen molar-refractivity contribution in [1.82, 2.24) is 14.8 Å². The highest BCUT2D eigenvalue weighted by Crippen LogP contribution is 2.23. The number of nitrogens with zero attached hydrogens (tertiary/aromatic N) is 3. The lowest BCUT2D eigenvalue weighted by Gasteiger charge is -2.28. The predicted molar refractivity (Wildman–Crippen MR) is 89.2 cm³/mol. The summed E-state index contributed by atoms with van der Waals surface area (Å²) in [6.45, 7) is 8.63. The summed E-state index contributed by atoms with van der Waals surface area (Å²) in [5, 5.41) is 0.353. The Balaban J connectivity index is 1.91. The lowest BCUT2D eigenvalue weighted by atomic mass is 10.2. The van der Waals surface area contributed by atoms with Gasteiger partial charge in [0.1, 0.15) is 5.02 Å². The van der Waals surface area contributed by atoms with Gasteiger partial charge in [0.2, 0.25) is 5.88 Å². The third-order valence-electron chi connectivity index (χ3n) is 3.60. The number of morpholine rings is 1. The van der Waals surface area contributed by atoms with Crippen molar-refractivity contribution < 1.29 is 14.3 Å². The van der Waals surface area contributed by atoms with Crippen LogP contribution >= 0.6 is 11.6 Å². The number of pyridine rings is 1. The Bertz CT molecular complexity index is 533. The van der Waals surface area contributed by atoms with Crippen LogP contribution in [0.2, 0.25) is 5.02 Å². The first-order chi connectivity index (χ1) is 11.0. The van der Waals surface area contributed by atoms with Crippen molar-refractivity contribution in [2.75, 3.05) is 46.4 Å². The van der Waals surface area contributed by atoms with E-state index in [1.165, 1.54) is 6.20 Å². The Kier molecular flexibility index (Phi) is 6.62. The summed E-state index contributed by atoms with van der Waals surface area (Å²) in [5.41, 5.74) is 0.468. The quantitative estimate of drug-likeness (QED) is 0.791. The molecule has 0 saturated carbocycles. The van der Waals surface area contributed by atoms with Gasteiger partial charge in [-0.15, -0.1) is 0 Å². The monoisotopic (exact) mass is 341 g/mol. The van der Waals surface area contributed by atoms with E-state index in [1.54, 1.807) is 18.0 Å². The van der Waals surface area contributed by atoms with Gasteiger partial charge >= 0.3 is 0 Å². The third kappa shape index (κ3) is 5.34. The number of hydrogen-bond acceptors (Lipinski definition) is 5. The van der Waals surface area contributed by atoms with E-state index in [-0.39, 0.29) is 12.0 Å². The summed E-state index contributed by atoms with van der Waals surface area (Å²) < 4.78 is 10.8. The fourth-order valence-corrected chi connectivity index (χ4v) is 2.50. The van der Waals surface area contributed by atoms with Crippen LogP contribution in [0.5, 0.6) is 5.88 Å². The summed E-state index contributed by atoms with van der Waals surface area (Å²) in [7, 11) is 1.79. The van der Waals surface area contributed by atoms with Crippen LogP contribution in [0.1, 0.15) is 24.2 Å². The zero-order chi connectivity index (χ0) is 16.8. The number of rotatable bonds is 6. The Hall–Kier alpha value is -1.37. The fraction of sp³-hybridized carbons (Fsp3) is 0.625. The molecule has 1 saturated heterocycles. The van der Waals surface area contributed by atoms with Crippen molar-refractivity contribution in [3.63, 3.8) is 0 Å². The van der Waals surface area contributed by atoms with Crippen LogP contribution in [-0.2, 0) is 4.74 Å². The number of aromatic nitrogens is 1. The van der Waals surface area contributed by atoms with Crippen molar-refractivity contribution in [2.45, 2.75) is 20.0 Å². The summed E-state index contributed by atoms with van der Waals surface area (Å²) >= 11 is 6.14. The second-order valence-electron chi connectivity index (χ2n) is 5.86. The van der Waals surface area contributed by atoms with Crippen molar-refractivity contribution >= 4 is 17.5 Å². The fourth-order valence-electron chi connectivity index (χ4n) is 2.29. The molecule has 23 heavy (non-hydrogen) atoms. The molecule has 1 aromatic heterocycles. The first-order valence-electron chi connectivity index (χ1n) is 7.85. The number of hydrogen-bond donors (Lipinski definition) is 0. The minimum Gasteiger partial charge on any atom is -0.474 e. The van der Waals surface area contributed by atoms with Crippen molar-refractivity contribution in [1.29, 1.82) is 0 Å². The second kappa shape index (κ2) is 8.47. The number of carbonyl (C=O) groups is 1. The molecule has 2 rings (SSSR count). The molecule has 1 aliphatic heterocycles. The van der Waals surface area contributed by atoms with E-state index in [0.29, 0.717) is 23.0 Å². The van der Waals surface area contributed by atoms with Crippen molar-refractivity contribution in [3.05, 3.63) is 22.8 Å². The zero-order valence-corrected chi connectivity index (χ0v) is 14.7. The van der Waals surface area contributed by atoms with Crippen LogP contribution < -0.4 is 4.74 Å². The number of amides is 1. The lowest BCUT2D eigenvalue weighted by Crippen LogP contribution is -2.41. The molecule has 2 heterocycles. The van der Waals surface area contributed by atoms with E-state index in [0.717, 1.165) is 32.8 Å². The van der Waals surface area contributed by atoms with Crippen LogP contribution in [-0.4, -0.2) is 73.2 Å². The molecule has 0 radical (unpaired) electrons. The molecule has 7 heteroatoms. The number of halogens is 1. The average molecular weight is 342 g/mol. The molecule has 0 N–H and O–H groups in total. The molecule has 128 valence electrons. The van der Waals surface area contributed by atoms with E-state index >= 15 is 0 Å². The topological polar surface area (TPSA) is 54.9 Å². The van der Waals surface area contributed by atoms with Gasteiger partial charge in [0.15, 0.2) is 0 Å². The molecule has 0 atom stereocenters. The van der Waals surface area contributed by atoms with Crippen LogP contribution in [0.15, 0.2) is 12.3 Å². The highest BCUT2D eigenvalue weighted by Gasteiger charge is 2.17. The predicted octanol–water partition coefficient (Wildman–Crippen LogP) is 1.93. The van der Waals surface area contributed by atoms with Crippen molar-refractivity contribution in [3.8, 4) is 5.88 Å². The first-order valence-corrected chi connectivity index (χ1v) is 8.23. The maximum atomic E-state index is 12.4. The highest BCUT2D eigenvalue weighted by atomic mass is 35.5. The number of carbonyl (C=O) groups excluding carboxylic acids is 1. The average Bonchev–Trinajstić information content (AvgIpc) is 2.54. The minimum absolute atomic E-state index is 0.0160. The molecule has 1 aromatic rings. The first kappa shape index (κ1) is 18.0. The molecule has 1 fully saturated rings. The summed E-state index contributed by atoms with van der Waals surface area (Å²) in [4.78, 5) is 20.6. The van der Waals surface area contributed by atoms with Crippen LogP contribution in [0, 0.1) is 0 Å². The van der Waals surface area contributed by atoms with E-state index in [4.69, 9.17) is 21.1 Å². The van der Waals surface area contributed by atoms with Gasteiger partial charge in [0.25, 0.3) is 5.91 Å². The van der Waals surface area contributed by atoms with E-state index in [9.17, 15) is 4.79 Å². The molecule has 1 aliphatic rings. The minimum atomic E-state index is -0.0937. The SMILES string of the molecule is CC(C)Oc1ncc(C(=O)N(C)CCN2CCOCC2)cc1Cl. The van der Waals surface area contributed by atoms with Gasteiger partial charge in [-0.2, -0.15) is 0 Å². The summed E-state index contributed by atoms with van der Waals surface area (Å²) in [6.07, 6.45) is 1.50. The largest absolute Gasteiger partial charge is 0.474 e. The second-order valence-corrected chi connectivity index (χ2v) is 6.27. The van der Waals surface area contributed by atoms with E-state index in [1.807, 2.05) is 13.8 Å². The van der Waals surface area contributed by atoms with Gasteiger partial charge in [-0.3, -0.25) is 9.69 Å². The maximum Gasteiger partial charge on any atom is 0.255 e. The Morgan fingerprint density at radius 3 is 2.78 bits per heavy atom. The van der Waals surface area contributed by atoms with Gasteiger partial charge in [-0.05, 0) is 19.9 Å². The molecule has 0 aromatic carbocycles. The molecule has 6 nitrogen and oxygen atoms in total. The summed E-state index contributed by atoms with van der Waals surface area (Å²) in [5.74, 6) is 0.262. The van der Waals surface area contributed by atoms with Gasteiger partial charge in [-0.25, -0.2) is 4.98 Å². The molecule has 0 aliphatic carbocycles. The van der Waals surface area contributed by atoms with E-state index < -0.39 is 0 Å². The molecular weight excluding hydrogens is 318 g/mol. The normalized spacial score (nSPS) is 15.7. The standard InChI is InChI=1S/C16H24ClN3O3/c1-12(2)23-15-14(17)10-13(11-18-15)16(21)19(3)4-5-20-6-8-22-9-7-20/h10-12H,4-9H2,1-3H3. The van der Waals surface area contributed by atoms with Gasteiger partial charge < -0.3 is 14.4 Å². The van der Waals surface area contributed by atoms with E-state index in [2.05, 4.69) is 9.88 Å². The highest BCUT2D eigenvalue weighted by molar-refractivity contribution is 6.32. The van der Waals surface area contributed by atoms with Gasteiger partial charge in [0.05, 0.1) is 24.9 Å². The number of ether oxygens (including phenoxy) is 2. The van der Waals surface area contributed by atoms with Crippen molar-refractivity contribution in [2.24, 2.45) is 0 Å². The molecular formula is C16H24ClN3O3. The van der Waals surface area contributed by atoms with Crippen LogP contribution in [0.3, 0.4) is 0 Å². The van der Waals surface area contributed by atoms with Gasteiger partial charge in [-0.1, -0.05) is 11.6 Å². The van der Waals surface area contributed by atoms with Crippen LogP contribution in [0.25, 0.3) is 0 Å². The molecule has 0 unspecified atom stereocenters. The summed E-state index contributed by atoms with van der Waals surface area (Å²) in [6, 6.07) is 1.61. The maximum absolute atomic E-state index is 12.4. The van der Waals surface area contributed by atoms with Gasteiger partial charge in [0, 0.05) is 39.4 Å². The lowest BCUT2D eigenvalue weighted by molar-refractivity contribution is 0.0338. The van der Waals surface area contributed by atoms with Crippen LogP contribution in [0.4, 0.5) is 0 Å². The Morgan fingerprint density at radius 2 is 2.17 bits per heavy atom. The third-order valence-corrected chi connectivity index (χ3v) is 3.87. The molecule has 0 spiro atoms.